The third-order valence-corrected chi connectivity index (χ3v) is 5.11. The first kappa shape index (κ1) is 17.9. The smallest absolute Gasteiger partial charge is 0.251 e. The van der Waals surface area contributed by atoms with Gasteiger partial charge in [-0.3, -0.25) is 9.69 Å². The minimum absolute atomic E-state index is 0.0197. The molecule has 3 nitrogen and oxygen atoms in total. The predicted molar refractivity (Wildman–Crippen MR) is 98.4 cm³/mol. The van der Waals surface area contributed by atoms with Crippen molar-refractivity contribution in [3.05, 3.63) is 70.0 Å². The summed E-state index contributed by atoms with van der Waals surface area (Å²) in [6, 6.07) is 12.5. The van der Waals surface area contributed by atoms with Gasteiger partial charge in [-0.25, -0.2) is 4.39 Å². The van der Waals surface area contributed by atoms with Crippen LogP contribution in [0.25, 0.3) is 0 Å². The molecule has 1 fully saturated rings. The summed E-state index contributed by atoms with van der Waals surface area (Å²) in [7, 11) is 0. The maximum Gasteiger partial charge on any atom is 0.251 e. The number of halogens is 2. The third kappa shape index (κ3) is 4.39. The number of rotatable bonds is 4. The predicted octanol–water partition coefficient (Wildman–Crippen LogP) is 4.18. The molecule has 0 unspecified atom stereocenters. The summed E-state index contributed by atoms with van der Waals surface area (Å²) in [4.78, 5) is 14.6. The minimum atomic E-state index is -0.262. The first-order valence-corrected chi connectivity index (χ1v) is 8.94. The Labute approximate surface area is 152 Å². The highest BCUT2D eigenvalue weighted by Crippen LogP contribution is 2.22. The number of carbonyl (C=O) groups is 1. The van der Waals surface area contributed by atoms with Crippen molar-refractivity contribution in [1.82, 2.24) is 10.2 Å². The number of hydrogen-bond donors (Lipinski definition) is 1. The molecule has 2 aromatic rings. The molecule has 0 radical (unpaired) electrons. The van der Waals surface area contributed by atoms with Gasteiger partial charge in [-0.15, -0.1) is 0 Å². The normalized spacial score (nSPS) is 16.0. The lowest BCUT2D eigenvalue weighted by Gasteiger charge is -2.32. The van der Waals surface area contributed by atoms with Crippen LogP contribution in [0.2, 0.25) is 5.02 Å². The van der Waals surface area contributed by atoms with E-state index in [-0.39, 0.29) is 17.8 Å². The van der Waals surface area contributed by atoms with Gasteiger partial charge in [0.25, 0.3) is 5.91 Å². The molecule has 0 spiro atoms. The van der Waals surface area contributed by atoms with Crippen molar-refractivity contribution >= 4 is 17.5 Å². The number of nitrogens with one attached hydrogen (secondary N) is 1. The molecule has 2 aromatic carbocycles. The first-order chi connectivity index (χ1) is 12.0. The zero-order chi connectivity index (χ0) is 17.8. The van der Waals surface area contributed by atoms with E-state index in [1.165, 1.54) is 6.07 Å². The van der Waals surface area contributed by atoms with Crippen LogP contribution in [0, 0.1) is 12.7 Å². The van der Waals surface area contributed by atoms with Crippen LogP contribution in [-0.4, -0.2) is 29.9 Å². The lowest BCUT2D eigenvalue weighted by atomic mass is 10.0. The van der Waals surface area contributed by atoms with E-state index in [1.807, 2.05) is 31.2 Å². The molecule has 1 aliphatic rings. The van der Waals surface area contributed by atoms with Gasteiger partial charge in [0.2, 0.25) is 0 Å². The SMILES string of the molecule is Cc1ccccc1C(=O)NC1CCN(Cc2c(F)cccc2Cl)CC1. The van der Waals surface area contributed by atoms with E-state index in [4.69, 9.17) is 11.6 Å². The highest BCUT2D eigenvalue weighted by Gasteiger charge is 2.22. The van der Waals surface area contributed by atoms with E-state index in [9.17, 15) is 9.18 Å². The van der Waals surface area contributed by atoms with Gasteiger partial charge in [-0.2, -0.15) is 0 Å². The third-order valence-electron chi connectivity index (χ3n) is 4.76. The molecule has 0 atom stereocenters. The molecule has 1 saturated heterocycles. The van der Waals surface area contributed by atoms with Gasteiger partial charge in [0.15, 0.2) is 0 Å². The Balaban J connectivity index is 1.54. The van der Waals surface area contributed by atoms with Crippen molar-refractivity contribution in [3.63, 3.8) is 0 Å². The largest absolute Gasteiger partial charge is 0.349 e. The van der Waals surface area contributed by atoms with Crippen LogP contribution in [-0.2, 0) is 6.54 Å². The summed E-state index contributed by atoms with van der Waals surface area (Å²) in [6.45, 7) is 4.06. The Kier molecular flexibility index (Phi) is 5.71. The Morgan fingerprint density at radius 1 is 1.20 bits per heavy atom. The Morgan fingerprint density at radius 2 is 1.92 bits per heavy atom. The van der Waals surface area contributed by atoms with Crippen LogP contribution in [0.15, 0.2) is 42.5 Å². The van der Waals surface area contributed by atoms with Crippen molar-refractivity contribution in [1.29, 1.82) is 0 Å². The zero-order valence-electron chi connectivity index (χ0n) is 14.3. The van der Waals surface area contributed by atoms with Gasteiger partial charge < -0.3 is 5.32 Å². The molecule has 0 saturated carbocycles. The van der Waals surface area contributed by atoms with E-state index < -0.39 is 0 Å². The summed E-state index contributed by atoms with van der Waals surface area (Å²) < 4.78 is 13.9. The van der Waals surface area contributed by atoms with Gasteiger partial charge in [-0.05, 0) is 43.5 Å². The van der Waals surface area contributed by atoms with Crippen LogP contribution in [0.5, 0.6) is 0 Å². The van der Waals surface area contributed by atoms with E-state index in [0.717, 1.165) is 37.1 Å². The summed E-state index contributed by atoms with van der Waals surface area (Å²) in [6.07, 6.45) is 1.70. The molecule has 25 heavy (non-hydrogen) atoms. The van der Waals surface area contributed by atoms with Crippen molar-refractivity contribution in [2.45, 2.75) is 32.4 Å². The second-order valence-electron chi connectivity index (χ2n) is 6.54. The molecule has 1 heterocycles. The lowest BCUT2D eigenvalue weighted by molar-refractivity contribution is 0.0908. The fraction of sp³-hybridized carbons (Fsp3) is 0.350. The first-order valence-electron chi connectivity index (χ1n) is 8.56. The maximum absolute atomic E-state index is 13.9. The number of nitrogens with zero attached hydrogens (tertiary/aromatic N) is 1. The van der Waals surface area contributed by atoms with E-state index in [2.05, 4.69) is 10.2 Å². The molecule has 132 valence electrons. The van der Waals surface area contributed by atoms with Gasteiger partial charge in [0.05, 0.1) is 0 Å². The van der Waals surface area contributed by atoms with Crippen molar-refractivity contribution in [2.24, 2.45) is 0 Å². The molecule has 1 N–H and O–H groups in total. The molecule has 3 rings (SSSR count). The monoisotopic (exact) mass is 360 g/mol. The summed E-state index contributed by atoms with van der Waals surface area (Å²) in [5, 5.41) is 3.58. The molecule has 0 bridgehead atoms. The zero-order valence-corrected chi connectivity index (χ0v) is 15.0. The summed E-state index contributed by atoms with van der Waals surface area (Å²) in [5.74, 6) is -0.281. The Morgan fingerprint density at radius 3 is 2.60 bits per heavy atom. The molecular weight excluding hydrogens is 339 g/mol. The quantitative estimate of drug-likeness (QED) is 0.887. The van der Waals surface area contributed by atoms with Gasteiger partial charge in [0.1, 0.15) is 5.82 Å². The molecule has 1 amide bonds. The number of likely N-dealkylation sites (tertiary alicyclic amines) is 1. The van der Waals surface area contributed by atoms with Crippen molar-refractivity contribution in [3.8, 4) is 0 Å². The number of amides is 1. The molecule has 1 aliphatic heterocycles. The van der Waals surface area contributed by atoms with Crippen LogP contribution in [0.4, 0.5) is 4.39 Å². The molecule has 5 heteroatoms. The highest BCUT2D eigenvalue weighted by molar-refractivity contribution is 6.31. The average molecular weight is 361 g/mol. The number of carbonyl (C=O) groups excluding carboxylic acids is 1. The number of benzene rings is 2. The highest BCUT2D eigenvalue weighted by atomic mass is 35.5. The number of aryl methyl sites for hydroxylation is 1. The van der Waals surface area contributed by atoms with Crippen molar-refractivity contribution in [2.75, 3.05) is 13.1 Å². The lowest BCUT2D eigenvalue weighted by Crippen LogP contribution is -2.44. The number of piperidine rings is 1. The van der Waals surface area contributed by atoms with Crippen LogP contribution in [0.1, 0.15) is 34.3 Å². The second-order valence-corrected chi connectivity index (χ2v) is 6.95. The topological polar surface area (TPSA) is 32.3 Å². The maximum atomic E-state index is 13.9. The summed E-state index contributed by atoms with van der Waals surface area (Å²) >= 11 is 6.11. The van der Waals surface area contributed by atoms with E-state index in [1.54, 1.807) is 12.1 Å². The summed E-state index contributed by atoms with van der Waals surface area (Å²) in [5.41, 5.74) is 2.25. The van der Waals surface area contributed by atoms with Gasteiger partial charge in [-0.1, -0.05) is 35.9 Å². The van der Waals surface area contributed by atoms with Crippen molar-refractivity contribution < 1.29 is 9.18 Å². The van der Waals surface area contributed by atoms with Crippen LogP contribution in [0.3, 0.4) is 0 Å². The standard InChI is InChI=1S/C20H22ClFN2O/c1-14-5-2-3-6-16(14)20(25)23-15-9-11-24(12-10-15)13-17-18(21)7-4-8-19(17)22/h2-8,15H,9-13H2,1H3,(H,23,25). The van der Waals surface area contributed by atoms with E-state index >= 15 is 0 Å². The van der Waals surface area contributed by atoms with Crippen LogP contribution >= 0.6 is 11.6 Å². The van der Waals surface area contributed by atoms with Gasteiger partial charge in [0, 0.05) is 41.8 Å². The number of hydrogen-bond acceptors (Lipinski definition) is 2. The van der Waals surface area contributed by atoms with Crippen LogP contribution < -0.4 is 5.32 Å². The fourth-order valence-electron chi connectivity index (χ4n) is 3.23. The minimum Gasteiger partial charge on any atom is -0.349 e. The molecule has 0 aromatic heterocycles. The molecule has 0 aliphatic carbocycles. The second kappa shape index (κ2) is 7.98. The van der Waals surface area contributed by atoms with Gasteiger partial charge >= 0.3 is 0 Å². The average Bonchev–Trinajstić information content (AvgIpc) is 2.60. The molecular formula is C20H22ClFN2O. The van der Waals surface area contributed by atoms with E-state index in [0.29, 0.717) is 17.1 Å². The Hall–Kier alpha value is -1.91. The fourth-order valence-corrected chi connectivity index (χ4v) is 3.46. The Bertz CT molecular complexity index is 737.